The van der Waals surface area contributed by atoms with Gasteiger partial charge in [0.05, 0.1) is 17.4 Å². The van der Waals surface area contributed by atoms with E-state index in [0.717, 1.165) is 11.3 Å². The van der Waals surface area contributed by atoms with Crippen LogP contribution < -0.4 is 5.73 Å². The topological polar surface area (TPSA) is 43.3 Å². The van der Waals surface area contributed by atoms with E-state index in [1.54, 1.807) is 0 Å². The lowest BCUT2D eigenvalue weighted by Gasteiger charge is -2.11. The van der Waals surface area contributed by atoms with Crippen molar-refractivity contribution in [3.63, 3.8) is 0 Å². The molecule has 1 unspecified atom stereocenters. The molecule has 1 atom stereocenters. The summed E-state index contributed by atoms with van der Waals surface area (Å²) in [5.74, 6) is 0.667. The summed E-state index contributed by atoms with van der Waals surface area (Å²) in [5.41, 5.74) is 10.8. The summed E-state index contributed by atoms with van der Waals surface area (Å²) >= 11 is 0. The Labute approximate surface area is 95.3 Å². The van der Waals surface area contributed by atoms with Gasteiger partial charge in [-0.15, -0.1) is 0 Å². The van der Waals surface area contributed by atoms with Crippen molar-refractivity contribution >= 4 is 5.65 Å². The Morgan fingerprint density at radius 1 is 1.44 bits per heavy atom. The zero-order valence-electron chi connectivity index (χ0n) is 9.77. The lowest BCUT2D eigenvalue weighted by Crippen LogP contribution is -2.15. The molecule has 0 amide bonds. The summed E-state index contributed by atoms with van der Waals surface area (Å²) in [5, 5.41) is 0. The number of nitrogens with zero attached hydrogens (tertiary/aromatic N) is 2. The highest BCUT2D eigenvalue weighted by Crippen LogP contribution is 2.40. The highest BCUT2D eigenvalue weighted by atomic mass is 15.0. The first-order valence-corrected chi connectivity index (χ1v) is 5.87. The van der Waals surface area contributed by atoms with Crippen molar-refractivity contribution in [2.45, 2.75) is 32.7 Å². The van der Waals surface area contributed by atoms with Crippen LogP contribution in [0.15, 0.2) is 18.3 Å². The van der Waals surface area contributed by atoms with Gasteiger partial charge in [0.15, 0.2) is 0 Å². The van der Waals surface area contributed by atoms with Gasteiger partial charge in [-0.2, -0.15) is 0 Å². The summed E-state index contributed by atoms with van der Waals surface area (Å²) in [7, 11) is 0. The number of aryl methyl sites for hydroxylation is 2. The fourth-order valence-electron chi connectivity index (χ4n) is 2.36. The number of nitrogens with two attached hydrogens (primary N) is 1. The molecule has 0 saturated heterocycles. The second-order valence-corrected chi connectivity index (χ2v) is 4.88. The summed E-state index contributed by atoms with van der Waals surface area (Å²) in [4.78, 5) is 4.59. The van der Waals surface area contributed by atoms with Crippen molar-refractivity contribution in [3.8, 4) is 0 Å². The zero-order valence-corrected chi connectivity index (χ0v) is 9.77. The molecule has 1 aliphatic rings. The first-order valence-electron chi connectivity index (χ1n) is 5.87. The fourth-order valence-corrected chi connectivity index (χ4v) is 2.36. The Morgan fingerprint density at radius 2 is 2.19 bits per heavy atom. The third kappa shape index (κ3) is 1.43. The average molecular weight is 215 g/mol. The van der Waals surface area contributed by atoms with E-state index in [4.69, 9.17) is 5.73 Å². The van der Waals surface area contributed by atoms with Crippen LogP contribution in [0.4, 0.5) is 0 Å². The second kappa shape index (κ2) is 3.32. The zero-order chi connectivity index (χ0) is 11.3. The van der Waals surface area contributed by atoms with Crippen molar-refractivity contribution in [1.82, 2.24) is 9.38 Å². The van der Waals surface area contributed by atoms with E-state index in [0.29, 0.717) is 5.92 Å². The van der Waals surface area contributed by atoms with Crippen LogP contribution in [0, 0.1) is 19.8 Å². The van der Waals surface area contributed by atoms with Crippen LogP contribution in [-0.4, -0.2) is 9.38 Å². The van der Waals surface area contributed by atoms with Crippen LogP contribution >= 0.6 is 0 Å². The van der Waals surface area contributed by atoms with Crippen LogP contribution in [0.5, 0.6) is 0 Å². The Bertz CT molecular complexity index is 537. The molecule has 0 aliphatic heterocycles. The molecule has 1 fully saturated rings. The Kier molecular flexibility index (Phi) is 2.04. The molecule has 2 N–H and O–H groups in total. The van der Waals surface area contributed by atoms with Crippen LogP contribution in [0.1, 0.15) is 35.8 Å². The van der Waals surface area contributed by atoms with Gasteiger partial charge in [0.25, 0.3) is 0 Å². The summed E-state index contributed by atoms with van der Waals surface area (Å²) in [6, 6.07) is 4.37. The maximum atomic E-state index is 6.29. The van der Waals surface area contributed by atoms with E-state index in [-0.39, 0.29) is 6.04 Å². The number of rotatable bonds is 2. The molecular formula is C13H17N3. The number of pyridine rings is 1. The molecule has 1 saturated carbocycles. The summed E-state index contributed by atoms with van der Waals surface area (Å²) in [6.45, 7) is 4.14. The van der Waals surface area contributed by atoms with E-state index < -0.39 is 0 Å². The van der Waals surface area contributed by atoms with Crippen molar-refractivity contribution in [3.05, 3.63) is 35.3 Å². The van der Waals surface area contributed by atoms with Crippen molar-refractivity contribution in [2.24, 2.45) is 11.7 Å². The molecule has 84 valence electrons. The van der Waals surface area contributed by atoms with Gasteiger partial charge in [0.1, 0.15) is 5.65 Å². The molecule has 3 nitrogen and oxygen atoms in total. The Hall–Kier alpha value is -1.35. The molecule has 2 aromatic heterocycles. The molecular weight excluding hydrogens is 198 g/mol. The minimum absolute atomic E-state index is 0.151. The minimum atomic E-state index is 0.151. The summed E-state index contributed by atoms with van der Waals surface area (Å²) < 4.78 is 2.14. The standard InChI is InChI=1S/C13H17N3/c1-8-5-6-16-11(7-8)15-9(2)13(16)12(14)10-3-4-10/h5-7,10,12H,3-4,14H2,1-2H3. The predicted molar refractivity (Wildman–Crippen MR) is 64.3 cm³/mol. The van der Waals surface area contributed by atoms with Gasteiger partial charge >= 0.3 is 0 Å². The Balaban J connectivity index is 2.18. The molecule has 2 aromatic rings. The van der Waals surface area contributed by atoms with E-state index in [1.807, 2.05) is 0 Å². The molecule has 0 radical (unpaired) electrons. The van der Waals surface area contributed by atoms with Gasteiger partial charge < -0.3 is 10.1 Å². The first-order chi connectivity index (χ1) is 7.66. The maximum absolute atomic E-state index is 6.29. The molecule has 1 aliphatic carbocycles. The van der Waals surface area contributed by atoms with Crippen molar-refractivity contribution in [1.29, 1.82) is 0 Å². The number of aromatic nitrogens is 2. The van der Waals surface area contributed by atoms with E-state index >= 15 is 0 Å². The smallest absolute Gasteiger partial charge is 0.137 e. The van der Waals surface area contributed by atoms with Crippen LogP contribution in [0.25, 0.3) is 5.65 Å². The minimum Gasteiger partial charge on any atom is -0.322 e. The highest BCUT2D eigenvalue weighted by Gasteiger charge is 2.32. The largest absolute Gasteiger partial charge is 0.322 e. The number of fused-ring (bicyclic) bond motifs is 1. The highest BCUT2D eigenvalue weighted by molar-refractivity contribution is 5.46. The lowest BCUT2D eigenvalue weighted by molar-refractivity contribution is 0.605. The molecule has 2 heterocycles. The molecule has 16 heavy (non-hydrogen) atoms. The lowest BCUT2D eigenvalue weighted by atomic mass is 10.1. The number of hydrogen-bond acceptors (Lipinski definition) is 2. The normalized spacial score (nSPS) is 17.9. The van der Waals surface area contributed by atoms with Gasteiger partial charge in [0, 0.05) is 6.20 Å². The molecule has 0 spiro atoms. The molecule has 3 rings (SSSR count). The van der Waals surface area contributed by atoms with Gasteiger partial charge in [0.2, 0.25) is 0 Å². The summed E-state index contributed by atoms with van der Waals surface area (Å²) in [6.07, 6.45) is 4.61. The van der Waals surface area contributed by atoms with Crippen molar-refractivity contribution < 1.29 is 0 Å². The maximum Gasteiger partial charge on any atom is 0.137 e. The van der Waals surface area contributed by atoms with Crippen LogP contribution in [0.3, 0.4) is 0 Å². The predicted octanol–water partition coefficient (Wildman–Crippen LogP) is 2.36. The third-order valence-electron chi connectivity index (χ3n) is 3.45. The first kappa shape index (κ1) is 9.85. The van der Waals surface area contributed by atoms with E-state index in [9.17, 15) is 0 Å². The molecule has 3 heteroatoms. The fraction of sp³-hybridized carbons (Fsp3) is 0.462. The third-order valence-corrected chi connectivity index (χ3v) is 3.45. The van der Waals surface area contributed by atoms with Gasteiger partial charge in [-0.25, -0.2) is 4.98 Å². The number of hydrogen-bond donors (Lipinski definition) is 1. The SMILES string of the molecule is Cc1ccn2c(C(N)C3CC3)c(C)nc2c1. The Morgan fingerprint density at radius 3 is 2.88 bits per heavy atom. The number of imidazole rings is 1. The van der Waals surface area contributed by atoms with Gasteiger partial charge in [-0.05, 0) is 50.3 Å². The van der Waals surface area contributed by atoms with Gasteiger partial charge in [-0.1, -0.05) is 0 Å². The molecule has 0 bridgehead atoms. The average Bonchev–Trinajstić information content (AvgIpc) is 3.01. The van der Waals surface area contributed by atoms with Crippen LogP contribution in [0.2, 0.25) is 0 Å². The monoisotopic (exact) mass is 215 g/mol. The van der Waals surface area contributed by atoms with E-state index in [2.05, 4.69) is 41.6 Å². The second-order valence-electron chi connectivity index (χ2n) is 4.88. The van der Waals surface area contributed by atoms with Crippen molar-refractivity contribution in [2.75, 3.05) is 0 Å². The van der Waals surface area contributed by atoms with E-state index in [1.165, 1.54) is 24.1 Å². The quantitative estimate of drug-likeness (QED) is 0.835. The van der Waals surface area contributed by atoms with Crippen LogP contribution in [-0.2, 0) is 0 Å². The van der Waals surface area contributed by atoms with Gasteiger partial charge in [-0.3, -0.25) is 0 Å². The molecule has 0 aromatic carbocycles.